The van der Waals surface area contributed by atoms with Gasteiger partial charge in [0.2, 0.25) is 0 Å². The number of carbonyl (C=O) groups is 1. The van der Waals surface area contributed by atoms with Crippen molar-refractivity contribution in [2.45, 2.75) is 78.2 Å². The number of nitrogens with zero attached hydrogens (tertiary/aromatic N) is 2. The van der Waals surface area contributed by atoms with Crippen LogP contribution in [0.1, 0.15) is 65.9 Å². The van der Waals surface area contributed by atoms with Crippen LogP contribution in [-0.2, 0) is 11.8 Å². The van der Waals surface area contributed by atoms with Crippen LogP contribution < -0.4 is 10.9 Å². The minimum atomic E-state index is -1.64. The zero-order valence-electron chi connectivity index (χ0n) is 20.0. The van der Waals surface area contributed by atoms with Gasteiger partial charge < -0.3 is 10.1 Å². The number of hydrogen-bond donors (Lipinski definition) is 1. The van der Waals surface area contributed by atoms with Gasteiger partial charge in [-0.15, -0.1) is 5.54 Å². The van der Waals surface area contributed by atoms with E-state index in [1.807, 2.05) is 18.2 Å². The number of hydrogen-bond acceptors (Lipinski definition) is 4. The lowest BCUT2D eigenvalue weighted by Crippen LogP contribution is -2.36. The zero-order valence-corrected chi connectivity index (χ0v) is 21.0. The number of ether oxygens (including phenoxy) is 1. The quantitative estimate of drug-likeness (QED) is 0.528. The zero-order chi connectivity index (χ0) is 23.4. The standard InChI is InChI=1S/C24H35N3O3Si/c1-9-31(10-2,11-3)16-15-18-13-12-14-19-20(18)22(28)27(8)21(26-19)17(4)25-23(29)30-24(5,6)7/h12-14,17H,9-11H2,1-8H3,(H,25,29)/t17-/m0/s1. The van der Waals surface area contributed by atoms with E-state index in [9.17, 15) is 9.59 Å². The van der Waals surface area contributed by atoms with E-state index in [2.05, 4.69) is 42.5 Å². The summed E-state index contributed by atoms with van der Waals surface area (Å²) in [5, 5.41) is 3.29. The first-order valence-corrected chi connectivity index (χ1v) is 13.6. The van der Waals surface area contributed by atoms with Crippen LogP contribution in [0.4, 0.5) is 4.79 Å². The number of benzene rings is 1. The maximum absolute atomic E-state index is 13.2. The van der Waals surface area contributed by atoms with Gasteiger partial charge in [-0.3, -0.25) is 9.36 Å². The Morgan fingerprint density at radius 2 is 1.84 bits per heavy atom. The van der Waals surface area contributed by atoms with Crippen molar-refractivity contribution < 1.29 is 9.53 Å². The largest absolute Gasteiger partial charge is 0.444 e. The second-order valence-electron chi connectivity index (χ2n) is 8.99. The van der Waals surface area contributed by atoms with E-state index in [-0.39, 0.29) is 5.56 Å². The predicted octanol–water partition coefficient (Wildman–Crippen LogP) is 4.92. The number of fused-ring (bicyclic) bond motifs is 1. The summed E-state index contributed by atoms with van der Waals surface area (Å²) in [6.45, 7) is 13.8. The molecule has 31 heavy (non-hydrogen) atoms. The van der Waals surface area contributed by atoms with Crippen LogP contribution in [0.15, 0.2) is 23.0 Å². The van der Waals surface area contributed by atoms with Gasteiger partial charge in [0.05, 0.1) is 16.9 Å². The summed E-state index contributed by atoms with van der Waals surface area (Å²) in [4.78, 5) is 30.1. The van der Waals surface area contributed by atoms with Gasteiger partial charge in [-0.05, 0) is 58.0 Å². The highest BCUT2D eigenvalue weighted by Gasteiger charge is 2.25. The van der Waals surface area contributed by atoms with Crippen LogP contribution in [0, 0.1) is 11.5 Å². The smallest absolute Gasteiger partial charge is 0.408 e. The monoisotopic (exact) mass is 441 g/mol. The SMILES string of the molecule is CC[Si](C#Cc1cccc2nc([C@H](C)NC(=O)OC(C)(C)C)n(C)c(=O)c12)(CC)CC. The van der Waals surface area contributed by atoms with Gasteiger partial charge in [0, 0.05) is 12.6 Å². The fourth-order valence-electron chi connectivity index (χ4n) is 3.58. The summed E-state index contributed by atoms with van der Waals surface area (Å²) < 4.78 is 6.81. The second kappa shape index (κ2) is 9.69. The van der Waals surface area contributed by atoms with Crippen LogP contribution in [0.2, 0.25) is 18.1 Å². The average Bonchev–Trinajstić information content (AvgIpc) is 2.70. The third-order valence-corrected chi connectivity index (χ3v) is 10.5. The van der Waals surface area contributed by atoms with Gasteiger partial charge in [0.1, 0.15) is 19.5 Å². The molecule has 0 bridgehead atoms. The molecule has 1 amide bonds. The Morgan fingerprint density at radius 3 is 2.39 bits per heavy atom. The Labute approximate surface area is 186 Å². The van der Waals surface area contributed by atoms with Crippen molar-refractivity contribution in [1.29, 1.82) is 0 Å². The summed E-state index contributed by atoms with van der Waals surface area (Å²) in [6, 6.07) is 8.40. The molecule has 168 valence electrons. The number of nitrogens with one attached hydrogen (secondary N) is 1. The van der Waals surface area contributed by atoms with E-state index >= 15 is 0 Å². The molecule has 1 aromatic heterocycles. The molecule has 1 heterocycles. The van der Waals surface area contributed by atoms with Crippen LogP contribution in [-0.4, -0.2) is 29.3 Å². The van der Waals surface area contributed by atoms with E-state index in [1.165, 1.54) is 4.57 Å². The molecule has 0 unspecified atom stereocenters. The molecule has 1 aromatic carbocycles. The lowest BCUT2D eigenvalue weighted by Gasteiger charge is -2.22. The van der Waals surface area contributed by atoms with Crippen molar-refractivity contribution in [1.82, 2.24) is 14.9 Å². The molecule has 6 nitrogen and oxygen atoms in total. The van der Waals surface area contributed by atoms with E-state index < -0.39 is 25.8 Å². The minimum absolute atomic E-state index is 0.167. The maximum Gasteiger partial charge on any atom is 0.408 e. The Kier molecular flexibility index (Phi) is 7.71. The molecule has 7 heteroatoms. The van der Waals surface area contributed by atoms with Crippen LogP contribution in [0.5, 0.6) is 0 Å². The second-order valence-corrected chi connectivity index (χ2v) is 13.9. The molecule has 2 rings (SSSR count). The van der Waals surface area contributed by atoms with Crippen LogP contribution in [0.25, 0.3) is 10.9 Å². The van der Waals surface area contributed by atoms with E-state index in [4.69, 9.17) is 4.74 Å². The molecular weight excluding hydrogens is 406 g/mol. The molecule has 1 atom stereocenters. The first-order valence-electron chi connectivity index (χ1n) is 11.0. The van der Waals surface area contributed by atoms with Gasteiger partial charge in [0.25, 0.3) is 5.56 Å². The Morgan fingerprint density at radius 1 is 1.23 bits per heavy atom. The molecule has 0 aliphatic carbocycles. The fraction of sp³-hybridized carbons (Fsp3) is 0.542. The van der Waals surface area contributed by atoms with Gasteiger partial charge in [-0.25, -0.2) is 9.78 Å². The molecule has 0 saturated heterocycles. The van der Waals surface area contributed by atoms with Gasteiger partial charge in [-0.1, -0.05) is 32.8 Å². The lowest BCUT2D eigenvalue weighted by molar-refractivity contribution is 0.0505. The minimum Gasteiger partial charge on any atom is -0.444 e. The Bertz CT molecular complexity index is 1060. The predicted molar refractivity (Wildman–Crippen MR) is 129 cm³/mol. The first kappa shape index (κ1) is 24.7. The van der Waals surface area contributed by atoms with Crippen molar-refractivity contribution >= 4 is 25.1 Å². The number of aromatic nitrogens is 2. The number of carbonyl (C=O) groups excluding carboxylic acids is 1. The van der Waals surface area contributed by atoms with Gasteiger partial charge >= 0.3 is 6.09 Å². The van der Waals surface area contributed by atoms with E-state index in [0.29, 0.717) is 16.7 Å². The fourth-order valence-corrected chi connectivity index (χ4v) is 6.01. The van der Waals surface area contributed by atoms with E-state index in [0.717, 1.165) is 23.7 Å². The summed E-state index contributed by atoms with van der Waals surface area (Å²) in [6.07, 6.45) is -0.547. The van der Waals surface area contributed by atoms with Crippen LogP contribution >= 0.6 is 0 Å². The van der Waals surface area contributed by atoms with Crippen molar-refractivity contribution in [2.75, 3.05) is 0 Å². The highest BCUT2D eigenvalue weighted by atomic mass is 28.3. The highest BCUT2D eigenvalue weighted by Crippen LogP contribution is 2.21. The van der Waals surface area contributed by atoms with Crippen molar-refractivity contribution in [3.8, 4) is 11.5 Å². The molecule has 0 aliphatic heterocycles. The summed E-state index contributed by atoms with van der Waals surface area (Å²) in [7, 11) is 0.0341. The third-order valence-electron chi connectivity index (χ3n) is 5.75. The lowest BCUT2D eigenvalue weighted by atomic mass is 10.1. The number of amides is 1. The Hall–Kier alpha value is -2.59. The van der Waals surface area contributed by atoms with Crippen molar-refractivity contribution in [3.63, 3.8) is 0 Å². The molecule has 2 aromatic rings. The van der Waals surface area contributed by atoms with Crippen LogP contribution in [0.3, 0.4) is 0 Å². The summed E-state index contributed by atoms with van der Waals surface area (Å²) in [5.74, 6) is 3.79. The molecule has 0 saturated carbocycles. The number of alkyl carbamates (subject to hydrolysis) is 1. The van der Waals surface area contributed by atoms with E-state index in [1.54, 1.807) is 34.7 Å². The molecule has 0 radical (unpaired) electrons. The third kappa shape index (κ3) is 5.76. The molecule has 0 aliphatic rings. The maximum atomic E-state index is 13.2. The molecule has 1 N–H and O–H groups in total. The topological polar surface area (TPSA) is 73.2 Å². The first-order chi connectivity index (χ1) is 14.5. The Balaban J connectivity index is 2.51. The molecule has 0 spiro atoms. The normalized spacial score (nSPS) is 12.8. The average molecular weight is 442 g/mol. The molecular formula is C24H35N3O3Si. The van der Waals surface area contributed by atoms with Crippen molar-refractivity contribution in [2.24, 2.45) is 7.05 Å². The highest BCUT2D eigenvalue weighted by molar-refractivity contribution is 6.87. The summed E-state index contributed by atoms with van der Waals surface area (Å²) in [5.41, 5.74) is 4.09. The molecule has 0 fully saturated rings. The van der Waals surface area contributed by atoms with Gasteiger partial charge in [-0.2, -0.15) is 0 Å². The number of rotatable bonds is 5. The van der Waals surface area contributed by atoms with Crippen molar-refractivity contribution in [3.05, 3.63) is 39.9 Å². The summed E-state index contributed by atoms with van der Waals surface area (Å²) >= 11 is 0. The van der Waals surface area contributed by atoms with Gasteiger partial charge in [0.15, 0.2) is 0 Å².